The van der Waals surface area contributed by atoms with E-state index in [1.54, 1.807) is 6.92 Å². The van der Waals surface area contributed by atoms with E-state index in [1.807, 2.05) is 6.92 Å². The molecule has 0 amide bonds. The summed E-state index contributed by atoms with van der Waals surface area (Å²) in [5.41, 5.74) is 0. The van der Waals surface area contributed by atoms with Crippen LogP contribution in [0.1, 0.15) is 20.3 Å². The van der Waals surface area contributed by atoms with Crippen molar-refractivity contribution in [2.75, 3.05) is 6.61 Å². The van der Waals surface area contributed by atoms with Gasteiger partial charge in [-0.1, -0.05) is 31.9 Å². The molecule has 1 rings (SSSR count). The van der Waals surface area contributed by atoms with Gasteiger partial charge in [0, 0.05) is 6.04 Å². The standard InChI is InChI=1S/C10H16ClNO6S3/c1-3-7(2)8(6-18-21(15,16)17)12-20(13,14)10-5-4-9(11)19-10/h4-5,7-8,12H,3,6H2,1-2H3,(H,15,16,17). The van der Waals surface area contributed by atoms with Gasteiger partial charge in [-0.3, -0.25) is 4.55 Å². The molecule has 0 bridgehead atoms. The Balaban J connectivity index is 2.90. The first-order chi connectivity index (χ1) is 9.55. The average molecular weight is 378 g/mol. The summed E-state index contributed by atoms with van der Waals surface area (Å²) >= 11 is 6.59. The first-order valence-corrected chi connectivity index (χ1v) is 9.99. The molecule has 0 saturated carbocycles. The lowest BCUT2D eigenvalue weighted by molar-refractivity contribution is 0.216. The van der Waals surface area contributed by atoms with Crippen molar-refractivity contribution < 1.29 is 25.6 Å². The molecule has 1 aromatic rings. The van der Waals surface area contributed by atoms with Crippen LogP contribution in [0.3, 0.4) is 0 Å². The van der Waals surface area contributed by atoms with Gasteiger partial charge >= 0.3 is 10.4 Å². The number of hydrogen-bond donors (Lipinski definition) is 2. The molecule has 122 valence electrons. The minimum absolute atomic E-state index is 0.0210. The van der Waals surface area contributed by atoms with Crippen molar-refractivity contribution in [3.8, 4) is 0 Å². The molecule has 2 N–H and O–H groups in total. The first kappa shape index (κ1) is 18.8. The first-order valence-electron chi connectivity index (χ1n) is 5.94. The molecule has 7 nitrogen and oxygen atoms in total. The SMILES string of the molecule is CCC(C)C(COS(=O)(=O)O)NS(=O)(=O)c1ccc(Cl)s1. The average Bonchev–Trinajstić information content (AvgIpc) is 2.80. The fourth-order valence-electron chi connectivity index (χ4n) is 1.46. The van der Waals surface area contributed by atoms with Gasteiger partial charge in [-0.2, -0.15) is 8.42 Å². The molecule has 2 unspecified atom stereocenters. The zero-order valence-corrected chi connectivity index (χ0v) is 14.5. The molecule has 11 heteroatoms. The second-order valence-electron chi connectivity index (χ2n) is 4.38. The van der Waals surface area contributed by atoms with Crippen molar-refractivity contribution in [3.63, 3.8) is 0 Å². The number of thiophene rings is 1. The Morgan fingerprint density at radius 2 is 2.00 bits per heavy atom. The Kier molecular flexibility index (Phi) is 6.59. The molecule has 21 heavy (non-hydrogen) atoms. The Hall–Kier alpha value is -0.230. The summed E-state index contributed by atoms with van der Waals surface area (Å²) in [5.74, 6) is -0.197. The third-order valence-corrected chi connectivity index (χ3v) is 6.49. The zero-order chi connectivity index (χ0) is 16.3. The lowest BCUT2D eigenvalue weighted by Gasteiger charge is -2.22. The van der Waals surface area contributed by atoms with E-state index in [2.05, 4.69) is 8.91 Å². The molecule has 0 saturated heterocycles. The predicted octanol–water partition coefficient (Wildman–Crippen LogP) is 1.91. The molecule has 0 radical (unpaired) electrons. The van der Waals surface area contributed by atoms with Crippen LogP contribution in [0.5, 0.6) is 0 Å². The molecular formula is C10H16ClNO6S3. The maximum Gasteiger partial charge on any atom is 0.397 e. The molecule has 0 aliphatic carbocycles. The number of hydrogen-bond acceptors (Lipinski definition) is 6. The largest absolute Gasteiger partial charge is 0.397 e. The molecule has 1 heterocycles. The summed E-state index contributed by atoms with van der Waals surface area (Å²) in [6.45, 7) is 3.07. The molecular weight excluding hydrogens is 362 g/mol. The normalized spacial score (nSPS) is 15.8. The molecule has 2 atom stereocenters. The van der Waals surface area contributed by atoms with Crippen molar-refractivity contribution in [2.24, 2.45) is 5.92 Å². The quantitative estimate of drug-likeness (QED) is 0.669. The lowest BCUT2D eigenvalue weighted by atomic mass is 10.0. The second-order valence-corrected chi connectivity index (χ2v) is 9.13. The van der Waals surface area contributed by atoms with Crippen LogP contribution < -0.4 is 4.72 Å². The maximum atomic E-state index is 12.2. The van der Waals surface area contributed by atoms with E-state index in [0.717, 1.165) is 11.3 Å². The number of halogens is 1. The van der Waals surface area contributed by atoms with E-state index >= 15 is 0 Å². The molecule has 0 aromatic carbocycles. The molecule has 0 aliphatic heterocycles. The summed E-state index contributed by atoms with van der Waals surface area (Å²) in [5, 5.41) is 0. The highest BCUT2D eigenvalue weighted by Gasteiger charge is 2.26. The van der Waals surface area contributed by atoms with Crippen LogP contribution in [0, 0.1) is 5.92 Å². The van der Waals surface area contributed by atoms with E-state index in [4.69, 9.17) is 16.2 Å². The predicted molar refractivity (Wildman–Crippen MR) is 80.4 cm³/mol. The minimum Gasteiger partial charge on any atom is -0.264 e. The lowest BCUT2D eigenvalue weighted by Crippen LogP contribution is -2.42. The van der Waals surface area contributed by atoms with Gasteiger partial charge in [0.25, 0.3) is 0 Å². The molecule has 0 fully saturated rings. The third-order valence-electron chi connectivity index (χ3n) is 2.85. The number of nitrogens with one attached hydrogen (secondary N) is 1. The molecule has 0 spiro atoms. The Bertz CT molecular complexity index is 669. The van der Waals surface area contributed by atoms with Crippen LogP contribution in [0.2, 0.25) is 4.34 Å². The molecule has 0 aliphatic rings. The summed E-state index contributed by atoms with van der Waals surface area (Å²) in [4.78, 5) is 0. The van der Waals surface area contributed by atoms with Crippen molar-refractivity contribution >= 4 is 43.4 Å². The van der Waals surface area contributed by atoms with Crippen LogP contribution in [0.15, 0.2) is 16.3 Å². The van der Waals surface area contributed by atoms with Gasteiger partial charge < -0.3 is 0 Å². The summed E-state index contributed by atoms with van der Waals surface area (Å²) in [6.07, 6.45) is 0.590. The van der Waals surface area contributed by atoms with Crippen molar-refractivity contribution in [1.29, 1.82) is 0 Å². The van der Waals surface area contributed by atoms with E-state index in [0.29, 0.717) is 10.8 Å². The minimum atomic E-state index is -4.63. The van der Waals surface area contributed by atoms with E-state index < -0.39 is 33.1 Å². The van der Waals surface area contributed by atoms with Gasteiger partial charge in [0.1, 0.15) is 4.21 Å². The summed E-state index contributed by atoms with van der Waals surface area (Å²) in [7, 11) is -8.46. The van der Waals surface area contributed by atoms with E-state index in [9.17, 15) is 16.8 Å². The van der Waals surface area contributed by atoms with Crippen LogP contribution in [0.25, 0.3) is 0 Å². The van der Waals surface area contributed by atoms with E-state index in [-0.39, 0.29) is 10.1 Å². The zero-order valence-electron chi connectivity index (χ0n) is 11.3. The fraction of sp³-hybridized carbons (Fsp3) is 0.600. The summed E-state index contributed by atoms with van der Waals surface area (Å²) < 4.78 is 61.2. The van der Waals surface area contributed by atoms with Crippen LogP contribution in [-0.2, 0) is 24.6 Å². The highest BCUT2D eigenvalue weighted by molar-refractivity contribution is 7.91. The van der Waals surface area contributed by atoms with Gasteiger partial charge in [-0.15, -0.1) is 11.3 Å². The monoisotopic (exact) mass is 377 g/mol. The highest BCUT2D eigenvalue weighted by atomic mass is 35.5. The van der Waals surface area contributed by atoms with Crippen molar-refractivity contribution in [1.82, 2.24) is 4.72 Å². The highest BCUT2D eigenvalue weighted by Crippen LogP contribution is 2.26. The third kappa shape index (κ3) is 6.19. The van der Waals surface area contributed by atoms with Gasteiger partial charge in [0.05, 0.1) is 10.9 Å². The van der Waals surface area contributed by atoms with Crippen LogP contribution >= 0.6 is 22.9 Å². The van der Waals surface area contributed by atoms with Crippen LogP contribution in [-0.4, -0.2) is 34.0 Å². The summed E-state index contributed by atoms with van der Waals surface area (Å²) in [6, 6.07) is 2.00. The van der Waals surface area contributed by atoms with Gasteiger partial charge in [-0.25, -0.2) is 17.3 Å². The Morgan fingerprint density at radius 3 is 2.43 bits per heavy atom. The second kappa shape index (κ2) is 7.36. The number of sulfonamides is 1. The topological polar surface area (TPSA) is 110 Å². The Morgan fingerprint density at radius 1 is 1.38 bits per heavy atom. The Labute approximate surface area is 133 Å². The fourth-order valence-corrected chi connectivity index (χ4v) is 4.61. The van der Waals surface area contributed by atoms with Gasteiger partial charge in [0.2, 0.25) is 10.0 Å². The van der Waals surface area contributed by atoms with Crippen molar-refractivity contribution in [3.05, 3.63) is 16.5 Å². The van der Waals surface area contributed by atoms with Gasteiger partial charge in [-0.05, 0) is 18.1 Å². The smallest absolute Gasteiger partial charge is 0.264 e. The van der Waals surface area contributed by atoms with Crippen LogP contribution in [0.4, 0.5) is 0 Å². The van der Waals surface area contributed by atoms with Gasteiger partial charge in [0.15, 0.2) is 0 Å². The van der Waals surface area contributed by atoms with E-state index in [1.165, 1.54) is 12.1 Å². The molecule has 1 aromatic heterocycles. The van der Waals surface area contributed by atoms with Crippen molar-refractivity contribution in [2.45, 2.75) is 30.5 Å². The number of rotatable bonds is 8. The maximum absolute atomic E-state index is 12.2.